The van der Waals surface area contributed by atoms with Crippen LogP contribution in [-0.4, -0.2) is 48.6 Å². The predicted molar refractivity (Wildman–Crippen MR) is 140 cm³/mol. The highest BCUT2D eigenvalue weighted by Crippen LogP contribution is 2.70. The number of rotatable bonds is 7. The van der Waals surface area contributed by atoms with E-state index >= 15 is 0 Å². The smallest absolute Gasteiger partial charge is 0.302 e. The molecule has 1 aliphatic heterocycles. The highest BCUT2D eigenvalue weighted by molar-refractivity contribution is 5.66. The standard InChI is InChI=1S/C31H50O6/c1-18-27(9-6-21(16-35-19(2)32)17-36-20(3)33)37-28-15-26-24-8-7-22-14-23(34)10-12-30(22,4)25(24)11-13-31(26,5)29(18)28/h18,21-29,34H,6-17H2,1-5H3. The molecule has 0 amide bonds. The summed E-state index contributed by atoms with van der Waals surface area (Å²) in [5.41, 5.74) is 0.765. The summed E-state index contributed by atoms with van der Waals surface area (Å²) in [5, 5.41) is 10.3. The van der Waals surface area contributed by atoms with E-state index in [1.54, 1.807) is 0 Å². The molecule has 5 rings (SSSR count). The molecule has 210 valence electrons. The van der Waals surface area contributed by atoms with Crippen LogP contribution in [0.2, 0.25) is 0 Å². The summed E-state index contributed by atoms with van der Waals surface area (Å²) >= 11 is 0. The van der Waals surface area contributed by atoms with E-state index < -0.39 is 0 Å². The summed E-state index contributed by atoms with van der Waals surface area (Å²) in [4.78, 5) is 22.7. The average Bonchev–Trinajstić information content (AvgIpc) is 3.32. The minimum atomic E-state index is -0.297. The maximum absolute atomic E-state index is 11.3. The van der Waals surface area contributed by atoms with Crippen molar-refractivity contribution in [3.8, 4) is 0 Å². The van der Waals surface area contributed by atoms with Gasteiger partial charge in [-0.2, -0.15) is 0 Å². The number of carbonyl (C=O) groups excluding carboxylic acids is 2. The normalized spacial score (nSPS) is 46.5. The van der Waals surface area contributed by atoms with Gasteiger partial charge in [-0.1, -0.05) is 20.8 Å². The van der Waals surface area contributed by atoms with Crippen LogP contribution in [0.3, 0.4) is 0 Å². The third kappa shape index (κ3) is 4.99. The fourth-order valence-electron chi connectivity index (χ4n) is 10.3. The van der Waals surface area contributed by atoms with Gasteiger partial charge in [0, 0.05) is 19.8 Å². The van der Waals surface area contributed by atoms with Crippen LogP contribution in [0.25, 0.3) is 0 Å². The highest BCUT2D eigenvalue weighted by Gasteiger charge is 2.65. The van der Waals surface area contributed by atoms with Crippen LogP contribution in [0.4, 0.5) is 0 Å². The van der Waals surface area contributed by atoms with Gasteiger partial charge < -0.3 is 19.3 Å². The van der Waals surface area contributed by atoms with Gasteiger partial charge in [0.2, 0.25) is 0 Å². The Kier molecular flexibility index (Phi) is 7.74. The van der Waals surface area contributed by atoms with E-state index in [0.717, 1.165) is 43.4 Å². The molecule has 1 saturated heterocycles. The lowest BCUT2D eigenvalue weighted by Crippen LogP contribution is -2.54. The number of hydrogen-bond acceptors (Lipinski definition) is 6. The molecule has 0 aromatic heterocycles. The van der Waals surface area contributed by atoms with Crippen LogP contribution in [0.15, 0.2) is 0 Å². The van der Waals surface area contributed by atoms with Gasteiger partial charge in [0.15, 0.2) is 0 Å². The van der Waals surface area contributed by atoms with Gasteiger partial charge in [0.25, 0.3) is 0 Å². The number of aliphatic hydroxyl groups is 1. The zero-order valence-corrected chi connectivity index (χ0v) is 23.7. The van der Waals surface area contributed by atoms with Crippen molar-refractivity contribution in [2.75, 3.05) is 13.2 Å². The molecule has 5 fully saturated rings. The third-order valence-corrected chi connectivity index (χ3v) is 12.1. The van der Waals surface area contributed by atoms with Gasteiger partial charge in [0.1, 0.15) is 0 Å². The molecule has 11 atom stereocenters. The topological polar surface area (TPSA) is 82.1 Å². The molecule has 37 heavy (non-hydrogen) atoms. The van der Waals surface area contributed by atoms with Crippen molar-refractivity contribution in [2.24, 2.45) is 52.3 Å². The van der Waals surface area contributed by atoms with Crippen molar-refractivity contribution in [1.29, 1.82) is 0 Å². The number of esters is 2. The van der Waals surface area contributed by atoms with Crippen molar-refractivity contribution < 1.29 is 28.9 Å². The first kappa shape index (κ1) is 27.4. The van der Waals surface area contributed by atoms with Crippen molar-refractivity contribution in [3.05, 3.63) is 0 Å². The zero-order chi connectivity index (χ0) is 26.5. The Labute approximate surface area is 223 Å². The van der Waals surface area contributed by atoms with E-state index in [1.165, 1.54) is 52.4 Å². The molecule has 6 nitrogen and oxygen atoms in total. The lowest BCUT2D eigenvalue weighted by molar-refractivity contribution is -0.146. The Morgan fingerprint density at radius 3 is 2.30 bits per heavy atom. The molecule has 0 radical (unpaired) electrons. The molecular formula is C31H50O6. The minimum absolute atomic E-state index is 0.00718. The third-order valence-electron chi connectivity index (χ3n) is 12.1. The lowest BCUT2D eigenvalue weighted by atomic mass is 9.44. The van der Waals surface area contributed by atoms with Crippen molar-refractivity contribution in [1.82, 2.24) is 0 Å². The van der Waals surface area contributed by atoms with E-state index in [4.69, 9.17) is 14.2 Å². The second kappa shape index (κ2) is 10.4. The van der Waals surface area contributed by atoms with Gasteiger partial charge >= 0.3 is 11.9 Å². The van der Waals surface area contributed by atoms with Crippen molar-refractivity contribution >= 4 is 11.9 Å². The van der Waals surface area contributed by atoms with Gasteiger partial charge in [-0.25, -0.2) is 0 Å². The van der Waals surface area contributed by atoms with Crippen LogP contribution in [0.1, 0.15) is 98.8 Å². The van der Waals surface area contributed by atoms with Gasteiger partial charge in [-0.3, -0.25) is 9.59 Å². The quantitative estimate of drug-likeness (QED) is 0.446. The number of fused-ring (bicyclic) bond motifs is 7. The fourth-order valence-corrected chi connectivity index (χ4v) is 10.3. The predicted octanol–water partition coefficient (Wildman–Crippen LogP) is 5.54. The maximum Gasteiger partial charge on any atom is 0.302 e. The summed E-state index contributed by atoms with van der Waals surface area (Å²) < 4.78 is 17.3. The maximum atomic E-state index is 11.3. The molecule has 5 aliphatic rings. The van der Waals surface area contributed by atoms with E-state index in [0.29, 0.717) is 34.7 Å². The van der Waals surface area contributed by atoms with Crippen LogP contribution >= 0.6 is 0 Å². The van der Waals surface area contributed by atoms with E-state index in [2.05, 4.69) is 20.8 Å². The Morgan fingerprint density at radius 1 is 0.946 bits per heavy atom. The van der Waals surface area contributed by atoms with Gasteiger partial charge in [-0.05, 0) is 111 Å². The molecule has 4 aliphatic carbocycles. The summed E-state index contributed by atoms with van der Waals surface area (Å²) in [6, 6.07) is 0. The van der Waals surface area contributed by atoms with Crippen LogP contribution in [0, 0.1) is 52.3 Å². The first-order chi connectivity index (χ1) is 17.5. The Hall–Kier alpha value is -1.14. The summed E-state index contributed by atoms with van der Waals surface area (Å²) in [6.45, 7) is 11.0. The second-order valence-corrected chi connectivity index (χ2v) is 14.0. The van der Waals surface area contributed by atoms with Gasteiger partial charge in [0.05, 0.1) is 31.5 Å². The Bertz CT molecular complexity index is 841. The first-order valence-corrected chi connectivity index (χ1v) is 15.1. The Morgan fingerprint density at radius 2 is 1.62 bits per heavy atom. The lowest BCUT2D eigenvalue weighted by Gasteiger charge is -2.61. The van der Waals surface area contributed by atoms with Crippen molar-refractivity contribution in [2.45, 2.75) is 117 Å². The molecule has 6 heteroatoms. The molecule has 0 spiro atoms. The number of carbonyl (C=O) groups is 2. The van der Waals surface area contributed by atoms with E-state index in [-0.39, 0.29) is 43.3 Å². The number of aliphatic hydroxyl groups excluding tert-OH is 1. The van der Waals surface area contributed by atoms with E-state index in [1.807, 2.05) is 0 Å². The van der Waals surface area contributed by atoms with Crippen LogP contribution in [-0.2, 0) is 23.8 Å². The van der Waals surface area contributed by atoms with Crippen molar-refractivity contribution in [3.63, 3.8) is 0 Å². The van der Waals surface area contributed by atoms with Crippen LogP contribution in [0.5, 0.6) is 0 Å². The average molecular weight is 519 g/mol. The molecular weight excluding hydrogens is 468 g/mol. The number of ether oxygens (including phenoxy) is 3. The molecule has 4 saturated carbocycles. The van der Waals surface area contributed by atoms with Gasteiger partial charge in [-0.15, -0.1) is 0 Å². The first-order valence-electron chi connectivity index (χ1n) is 15.1. The second-order valence-electron chi connectivity index (χ2n) is 14.0. The molecule has 0 aromatic carbocycles. The summed E-state index contributed by atoms with van der Waals surface area (Å²) in [7, 11) is 0. The zero-order valence-electron chi connectivity index (χ0n) is 23.7. The SMILES string of the molecule is CC(=O)OCC(CCC1OC2CC3C4CCC5CC(O)CCC5(C)C4CCC3(C)C2C1C)COC(C)=O. The fraction of sp³-hybridized carbons (Fsp3) is 0.935. The van der Waals surface area contributed by atoms with E-state index in [9.17, 15) is 14.7 Å². The molecule has 1 N–H and O–H groups in total. The largest absolute Gasteiger partial charge is 0.465 e. The number of hydrogen-bond donors (Lipinski definition) is 1. The monoisotopic (exact) mass is 518 g/mol. The molecule has 0 bridgehead atoms. The molecule has 0 aromatic rings. The molecule has 11 unspecified atom stereocenters. The van der Waals surface area contributed by atoms with Crippen LogP contribution < -0.4 is 0 Å². The minimum Gasteiger partial charge on any atom is -0.465 e. The molecule has 1 heterocycles. The Balaban J connectivity index is 1.23. The summed E-state index contributed by atoms with van der Waals surface area (Å²) in [6.07, 6.45) is 11.9. The summed E-state index contributed by atoms with van der Waals surface area (Å²) in [5.74, 6) is 3.62. The highest BCUT2D eigenvalue weighted by atomic mass is 16.5.